The molecular weight excluding hydrogens is 356 g/mol. The monoisotopic (exact) mass is 382 g/mol. The number of rotatable bonds is 8. The lowest BCUT2D eigenvalue weighted by atomic mass is 10.1. The Morgan fingerprint density at radius 1 is 1.00 bits per heavy atom. The molecule has 6 heteroatoms. The van der Waals surface area contributed by atoms with Gasteiger partial charge in [-0.05, 0) is 60.7 Å². The summed E-state index contributed by atoms with van der Waals surface area (Å²) in [4.78, 5) is 35.0. The van der Waals surface area contributed by atoms with Crippen molar-refractivity contribution in [2.24, 2.45) is 5.92 Å². The van der Waals surface area contributed by atoms with Crippen molar-refractivity contribution in [3.05, 3.63) is 59.2 Å². The predicted molar refractivity (Wildman–Crippen MR) is 110 cm³/mol. The molecule has 2 rings (SSSR count). The van der Waals surface area contributed by atoms with Crippen molar-refractivity contribution in [3.8, 4) is 0 Å². The van der Waals surface area contributed by atoms with Gasteiger partial charge in [-0.25, -0.2) is 0 Å². The minimum Gasteiger partial charge on any atom is -0.481 e. The van der Waals surface area contributed by atoms with Crippen molar-refractivity contribution in [1.82, 2.24) is 0 Å². The fraction of sp³-hybridized carbons (Fsp3) is 0.318. The summed E-state index contributed by atoms with van der Waals surface area (Å²) in [6, 6.07) is 12.3. The first-order valence-corrected chi connectivity index (χ1v) is 9.27. The Bertz CT molecular complexity index is 857. The first-order chi connectivity index (χ1) is 13.2. The Hall–Kier alpha value is -3.15. The lowest BCUT2D eigenvalue weighted by molar-refractivity contribution is -0.137. The molecule has 0 saturated carbocycles. The molecule has 0 atom stereocenters. The maximum absolute atomic E-state index is 12.5. The van der Waals surface area contributed by atoms with Gasteiger partial charge in [0.1, 0.15) is 0 Å². The lowest BCUT2D eigenvalue weighted by Gasteiger charge is -2.12. The van der Waals surface area contributed by atoms with Gasteiger partial charge in [0.05, 0.1) is 0 Å². The number of carboxylic acids is 1. The molecule has 2 amide bonds. The second-order valence-electron chi connectivity index (χ2n) is 7.22. The highest BCUT2D eigenvalue weighted by Crippen LogP contribution is 2.19. The number of carboxylic acid groups (broad SMARTS) is 1. The molecule has 2 aromatic rings. The zero-order valence-electron chi connectivity index (χ0n) is 16.4. The number of benzene rings is 2. The van der Waals surface area contributed by atoms with Crippen LogP contribution in [0.25, 0.3) is 0 Å². The van der Waals surface area contributed by atoms with Gasteiger partial charge in [0.25, 0.3) is 5.91 Å². The summed E-state index contributed by atoms with van der Waals surface area (Å²) in [5.41, 5.74) is 3.54. The third-order valence-electron chi connectivity index (χ3n) is 4.20. The zero-order valence-corrected chi connectivity index (χ0v) is 16.4. The summed E-state index contributed by atoms with van der Waals surface area (Å²) in [6.07, 6.45) is 0.974. The molecule has 0 aliphatic carbocycles. The average molecular weight is 382 g/mol. The number of anilines is 2. The van der Waals surface area contributed by atoms with Gasteiger partial charge in [0, 0.05) is 29.8 Å². The van der Waals surface area contributed by atoms with Crippen molar-refractivity contribution in [2.45, 2.75) is 40.0 Å². The molecule has 2 aromatic carbocycles. The summed E-state index contributed by atoms with van der Waals surface area (Å²) in [6.45, 7) is 5.82. The molecule has 0 aromatic heterocycles. The number of hydrogen-bond acceptors (Lipinski definition) is 3. The molecule has 148 valence electrons. The van der Waals surface area contributed by atoms with E-state index in [1.165, 1.54) is 0 Å². The average Bonchev–Trinajstić information content (AvgIpc) is 2.62. The quantitative estimate of drug-likeness (QED) is 0.636. The highest BCUT2D eigenvalue weighted by molar-refractivity contribution is 6.05. The van der Waals surface area contributed by atoms with Crippen LogP contribution in [0.1, 0.15) is 48.2 Å². The molecule has 28 heavy (non-hydrogen) atoms. The molecule has 0 saturated heterocycles. The van der Waals surface area contributed by atoms with E-state index in [9.17, 15) is 14.4 Å². The van der Waals surface area contributed by atoms with Gasteiger partial charge in [0.2, 0.25) is 5.91 Å². The van der Waals surface area contributed by atoms with E-state index in [0.29, 0.717) is 29.8 Å². The Labute approximate surface area is 165 Å². The van der Waals surface area contributed by atoms with Crippen LogP contribution in [-0.2, 0) is 16.0 Å². The summed E-state index contributed by atoms with van der Waals surface area (Å²) >= 11 is 0. The standard InChI is InChI=1S/C22H26N2O4/c1-14(2)12-20(25)24-19-10-7-17(13-15(19)3)22(28)23-18-8-4-16(5-9-18)6-11-21(26)27/h4-5,7-10,13-14H,6,11-12H2,1-3H3,(H,23,28)(H,24,25)(H,26,27). The zero-order chi connectivity index (χ0) is 20.7. The molecule has 0 heterocycles. The molecule has 0 aliphatic heterocycles. The smallest absolute Gasteiger partial charge is 0.303 e. The van der Waals surface area contributed by atoms with Gasteiger partial charge in [-0.2, -0.15) is 0 Å². The lowest BCUT2D eigenvalue weighted by Crippen LogP contribution is -2.16. The number of carbonyl (C=O) groups is 3. The number of hydrogen-bond donors (Lipinski definition) is 3. The van der Waals surface area contributed by atoms with E-state index >= 15 is 0 Å². The fourth-order valence-corrected chi connectivity index (χ4v) is 2.73. The van der Waals surface area contributed by atoms with Gasteiger partial charge < -0.3 is 15.7 Å². The third-order valence-corrected chi connectivity index (χ3v) is 4.20. The number of nitrogens with one attached hydrogen (secondary N) is 2. The number of amides is 2. The van der Waals surface area contributed by atoms with E-state index in [1.54, 1.807) is 42.5 Å². The number of carbonyl (C=O) groups excluding carboxylic acids is 2. The maximum Gasteiger partial charge on any atom is 0.303 e. The van der Waals surface area contributed by atoms with Gasteiger partial charge in [-0.15, -0.1) is 0 Å². The van der Waals surface area contributed by atoms with E-state index in [4.69, 9.17) is 5.11 Å². The minimum absolute atomic E-state index is 0.0433. The maximum atomic E-state index is 12.5. The summed E-state index contributed by atoms with van der Waals surface area (Å²) in [5.74, 6) is -0.850. The van der Waals surface area contributed by atoms with Crippen molar-refractivity contribution < 1.29 is 19.5 Å². The van der Waals surface area contributed by atoms with Gasteiger partial charge >= 0.3 is 5.97 Å². The number of aryl methyl sites for hydroxylation is 2. The van der Waals surface area contributed by atoms with Gasteiger partial charge in [0.15, 0.2) is 0 Å². The molecule has 6 nitrogen and oxygen atoms in total. The van der Waals surface area contributed by atoms with Crippen molar-refractivity contribution in [2.75, 3.05) is 10.6 Å². The highest BCUT2D eigenvalue weighted by Gasteiger charge is 2.11. The largest absolute Gasteiger partial charge is 0.481 e. The van der Waals surface area contributed by atoms with E-state index < -0.39 is 5.97 Å². The van der Waals surface area contributed by atoms with Crippen LogP contribution in [0.15, 0.2) is 42.5 Å². The second-order valence-corrected chi connectivity index (χ2v) is 7.22. The van der Waals surface area contributed by atoms with Crippen molar-refractivity contribution in [1.29, 1.82) is 0 Å². The predicted octanol–water partition coefficient (Wildman–Crippen LogP) is 4.25. The van der Waals surface area contributed by atoms with E-state index in [1.807, 2.05) is 20.8 Å². The van der Waals surface area contributed by atoms with E-state index in [2.05, 4.69) is 10.6 Å². The topological polar surface area (TPSA) is 95.5 Å². The number of aliphatic carboxylic acids is 1. The van der Waals surface area contributed by atoms with Gasteiger partial charge in [-0.1, -0.05) is 26.0 Å². The SMILES string of the molecule is Cc1cc(C(=O)Nc2ccc(CCC(=O)O)cc2)ccc1NC(=O)CC(C)C. The molecule has 0 fully saturated rings. The van der Waals surface area contributed by atoms with Crippen LogP contribution in [0.5, 0.6) is 0 Å². The van der Waals surface area contributed by atoms with Crippen LogP contribution < -0.4 is 10.6 Å². The molecule has 0 unspecified atom stereocenters. The Morgan fingerprint density at radius 2 is 1.68 bits per heavy atom. The van der Waals surface area contributed by atoms with E-state index in [0.717, 1.165) is 11.1 Å². The molecular formula is C22H26N2O4. The minimum atomic E-state index is -0.836. The fourth-order valence-electron chi connectivity index (χ4n) is 2.73. The van der Waals surface area contributed by atoms with Crippen LogP contribution in [0.4, 0.5) is 11.4 Å². The normalized spacial score (nSPS) is 10.6. The van der Waals surface area contributed by atoms with Crippen LogP contribution in [0.3, 0.4) is 0 Å². The van der Waals surface area contributed by atoms with Crippen LogP contribution in [-0.4, -0.2) is 22.9 Å². The Kier molecular flexibility index (Phi) is 7.32. The second kappa shape index (κ2) is 9.69. The molecule has 0 radical (unpaired) electrons. The van der Waals surface area contributed by atoms with Crippen LogP contribution >= 0.6 is 0 Å². The highest BCUT2D eigenvalue weighted by atomic mass is 16.4. The van der Waals surface area contributed by atoms with Crippen molar-refractivity contribution in [3.63, 3.8) is 0 Å². The first-order valence-electron chi connectivity index (χ1n) is 9.27. The Morgan fingerprint density at radius 3 is 2.25 bits per heavy atom. The Balaban J connectivity index is 1.99. The molecule has 0 spiro atoms. The van der Waals surface area contributed by atoms with Crippen LogP contribution in [0, 0.1) is 12.8 Å². The molecule has 0 aliphatic rings. The van der Waals surface area contributed by atoms with Crippen molar-refractivity contribution >= 4 is 29.2 Å². The first kappa shape index (κ1) is 21.2. The van der Waals surface area contributed by atoms with Gasteiger partial charge in [-0.3, -0.25) is 14.4 Å². The summed E-state index contributed by atoms with van der Waals surface area (Å²) in [5, 5.41) is 14.4. The van der Waals surface area contributed by atoms with E-state index in [-0.39, 0.29) is 24.2 Å². The summed E-state index contributed by atoms with van der Waals surface area (Å²) < 4.78 is 0. The third kappa shape index (κ3) is 6.54. The molecule has 3 N–H and O–H groups in total. The van der Waals surface area contributed by atoms with Crippen LogP contribution in [0.2, 0.25) is 0 Å². The molecule has 0 bridgehead atoms. The summed E-state index contributed by atoms with van der Waals surface area (Å²) in [7, 11) is 0.